The number of rotatable bonds is 1. The number of benzene rings is 2. The highest BCUT2D eigenvalue weighted by molar-refractivity contribution is 14.1. The standard InChI is InChI=1S/C9H6ClFN2O.C7H2ClFIN/c1-5(14)13-7-3-2-6(4-12)8(10)9(7)11;8-6-4(3-11)1-2-5(10)7(6)9/h2-3H,1H3,(H,13,14);1-2H. The van der Waals surface area contributed by atoms with Crippen molar-refractivity contribution in [2.45, 2.75) is 6.92 Å². The third kappa shape index (κ3) is 5.53. The van der Waals surface area contributed by atoms with Crippen molar-refractivity contribution < 1.29 is 13.6 Å². The predicted molar refractivity (Wildman–Crippen MR) is 99.3 cm³/mol. The summed E-state index contributed by atoms with van der Waals surface area (Å²) in [6.07, 6.45) is 0. The maximum atomic E-state index is 13.3. The van der Waals surface area contributed by atoms with Gasteiger partial charge in [-0.15, -0.1) is 0 Å². The third-order valence-electron chi connectivity index (χ3n) is 2.67. The van der Waals surface area contributed by atoms with Crippen LogP contribution in [0, 0.1) is 37.9 Å². The molecule has 0 saturated carbocycles. The van der Waals surface area contributed by atoms with E-state index in [-0.39, 0.29) is 26.9 Å². The predicted octanol–water partition coefficient (Wildman–Crippen LogP) is 5.26. The van der Waals surface area contributed by atoms with Crippen LogP contribution in [0.1, 0.15) is 18.1 Å². The number of nitrogens with zero attached hydrogens (tertiary/aromatic N) is 2. The van der Waals surface area contributed by atoms with Gasteiger partial charge in [-0.1, -0.05) is 23.2 Å². The lowest BCUT2D eigenvalue weighted by molar-refractivity contribution is -0.114. The monoisotopic (exact) mass is 493 g/mol. The summed E-state index contributed by atoms with van der Waals surface area (Å²) < 4.78 is 26.6. The van der Waals surface area contributed by atoms with Gasteiger partial charge in [0.1, 0.15) is 12.1 Å². The number of hydrogen-bond donors (Lipinski definition) is 1. The van der Waals surface area contributed by atoms with Crippen molar-refractivity contribution in [1.29, 1.82) is 10.5 Å². The topological polar surface area (TPSA) is 76.7 Å². The summed E-state index contributed by atoms with van der Waals surface area (Å²) in [5.41, 5.74) is 0.185. The summed E-state index contributed by atoms with van der Waals surface area (Å²) in [5, 5.41) is 18.8. The highest BCUT2D eigenvalue weighted by atomic mass is 127. The fourth-order valence-electron chi connectivity index (χ4n) is 1.53. The first-order valence-corrected chi connectivity index (χ1v) is 8.25. The Bertz CT molecular complexity index is 908. The maximum absolute atomic E-state index is 13.3. The zero-order valence-electron chi connectivity index (χ0n) is 12.5. The molecule has 0 unspecified atom stereocenters. The molecule has 25 heavy (non-hydrogen) atoms. The van der Waals surface area contributed by atoms with Crippen molar-refractivity contribution in [3.63, 3.8) is 0 Å². The summed E-state index contributed by atoms with van der Waals surface area (Å²) in [5.74, 6) is -1.71. The van der Waals surface area contributed by atoms with Gasteiger partial charge >= 0.3 is 0 Å². The van der Waals surface area contributed by atoms with Gasteiger partial charge in [-0.2, -0.15) is 10.5 Å². The number of carbonyl (C=O) groups excluding carboxylic acids is 1. The molecule has 9 heteroatoms. The van der Waals surface area contributed by atoms with Gasteiger partial charge in [-0.05, 0) is 46.9 Å². The number of carbonyl (C=O) groups is 1. The molecule has 0 aliphatic rings. The molecular weight excluding hydrogens is 486 g/mol. The summed E-state index contributed by atoms with van der Waals surface area (Å²) in [4.78, 5) is 10.6. The molecule has 2 rings (SSSR count). The van der Waals surface area contributed by atoms with Crippen LogP contribution >= 0.6 is 45.8 Å². The SMILES string of the molecule is CC(=O)Nc1ccc(C#N)c(Cl)c1F.N#Cc1ccc(I)c(F)c1Cl. The fourth-order valence-corrected chi connectivity index (χ4v) is 2.56. The van der Waals surface area contributed by atoms with Gasteiger partial charge in [0.15, 0.2) is 11.6 Å². The van der Waals surface area contributed by atoms with Crippen molar-refractivity contribution in [1.82, 2.24) is 0 Å². The maximum Gasteiger partial charge on any atom is 0.221 e. The van der Waals surface area contributed by atoms with E-state index in [0.29, 0.717) is 3.57 Å². The summed E-state index contributed by atoms with van der Waals surface area (Å²) >= 11 is 12.8. The lowest BCUT2D eigenvalue weighted by Crippen LogP contribution is -2.07. The van der Waals surface area contributed by atoms with E-state index < -0.39 is 17.5 Å². The molecule has 4 nitrogen and oxygen atoms in total. The Hall–Kier alpha value is -1.94. The Labute approximate surface area is 166 Å². The second-order valence-electron chi connectivity index (χ2n) is 4.42. The number of hydrogen-bond acceptors (Lipinski definition) is 3. The lowest BCUT2D eigenvalue weighted by Gasteiger charge is -2.05. The van der Waals surface area contributed by atoms with Crippen molar-refractivity contribution >= 4 is 57.4 Å². The molecule has 1 N–H and O–H groups in total. The quantitative estimate of drug-likeness (QED) is 0.434. The molecule has 0 radical (unpaired) electrons. The van der Waals surface area contributed by atoms with E-state index in [1.165, 1.54) is 31.2 Å². The molecule has 1 amide bonds. The van der Waals surface area contributed by atoms with Crippen molar-refractivity contribution in [2.75, 3.05) is 5.32 Å². The average molecular weight is 494 g/mol. The van der Waals surface area contributed by atoms with Crippen LogP contribution in [0.5, 0.6) is 0 Å². The summed E-state index contributed by atoms with van der Waals surface area (Å²) in [6.45, 7) is 1.26. The molecule has 0 spiro atoms. The normalized spacial score (nSPS) is 9.28. The van der Waals surface area contributed by atoms with Crippen LogP contribution in [0.25, 0.3) is 0 Å². The molecule has 0 aromatic heterocycles. The Morgan fingerprint density at radius 3 is 2.00 bits per heavy atom. The van der Waals surface area contributed by atoms with Gasteiger partial charge in [0.2, 0.25) is 5.91 Å². The van der Waals surface area contributed by atoms with E-state index in [1.807, 2.05) is 22.6 Å². The second kappa shape index (κ2) is 9.52. The largest absolute Gasteiger partial charge is 0.324 e. The van der Waals surface area contributed by atoms with Crippen LogP contribution < -0.4 is 5.32 Å². The molecule has 2 aromatic rings. The van der Waals surface area contributed by atoms with Crippen molar-refractivity contribution in [2.24, 2.45) is 0 Å². The van der Waals surface area contributed by atoms with Gasteiger partial charge in [0.25, 0.3) is 0 Å². The summed E-state index contributed by atoms with van der Waals surface area (Å²) in [7, 11) is 0. The minimum Gasteiger partial charge on any atom is -0.324 e. The molecular formula is C16H8Cl2F2IN3O. The fraction of sp³-hybridized carbons (Fsp3) is 0.0625. The number of amides is 1. The van der Waals surface area contributed by atoms with Gasteiger partial charge < -0.3 is 5.32 Å². The van der Waals surface area contributed by atoms with E-state index in [2.05, 4.69) is 5.32 Å². The van der Waals surface area contributed by atoms with Gasteiger partial charge in [0, 0.05) is 6.92 Å². The van der Waals surface area contributed by atoms with Crippen LogP contribution in [-0.4, -0.2) is 5.91 Å². The second-order valence-corrected chi connectivity index (χ2v) is 6.33. The molecule has 2 aromatic carbocycles. The van der Waals surface area contributed by atoms with Crippen LogP contribution in [0.4, 0.5) is 14.5 Å². The molecule has 0 atom stereocenters. The zero-order chi connectivity index (χ0) is 19.1. The Kier molecular flexibility index (Phi) is 8.04. The van der Waals surface area contributed by atoms with Crippen molar-refractivity contribution in [3.8, 4) is 12.1 Å². The van der Waals surface area contributed by atoms with Crippen LogP contribution in [0.2, 0.25) is 10.0 Å². The van der Waals surface area contributed by atoms with E-state index in [0.717, 1.165) is 0 Å². The van der Waals surface area contributed by atoms with E-state index in [9.17, 15) is 13.6 Å². The minimum atomic E-state index is -0.791. The number of anilines is 1. The highest BCUT2D eigenvalue weighted by Crippen LogP contribution is 2.26. The molecule has 0 aliphatic carbocycles. The minimum absolute atomic E-state index is 0.0264. The molecule has 128 valence electrons. The molecule has 0 saturated heterocycles. The highest BCUT2D eigenvalue weighted by Gasteiger charge is 2.11. The Balaban J connectivity index is 0.000000257. The average Bonchev–Trinajstić information content (AvgIpc) is 2.58. The Morgan fingerprint density at radius 2 is 1.52 bits per heavy atom. The number of halogens is 5. The van der Waals surface area contributed by atoms with Crippen LogP contribution in [0.3, 0.4) is 0 Å². The van der Waals surface area contributed by atoms with Crippen LogP contribution in [-0.2, 0) is 4.79 Å². The van der Waals surface area contributed by atoms with E-state index in [1.54, 1.807) is 12.1 Å². The van der Waals surface area contributed by atoms with Gasteiger partial charge in [-0.25, -0.2) is 8.78 Å². The molecule has 0 heterocycles. The first-order chi connectivity index (χ1) is 11.7. The molecule has 0 fully saturated rings. The number of nitriles is 2. The van der Waals surface area contributed by atoms with E-state index in [4.69, 9.17) is 33.7 Å². The van der Waals surface area contributed by atoms with Crippen LogP contribution in [0.15, 0.2) is 24.3 Å². The zero-order valence-corrected chi connectivity index (χ0v) is 16.2. The molecule has 0 aliphatic heterocycles. The summed E-state index contributed by atoms with van der Waals surface area (Å²) in [6, 6.07) is 9.16. The van der Waals surface area contributed by atoms with Gasteiger partial charge in [0.05, 0.1) is 30.4 Å². The first-order valence-electron chi connectivity index (χ1n) is 6.42. The van der Waals surface area contributed by atoms with Crippen molar-refractivity contribution in [3.05, 3.63) is 60.6 Å². The molecule has 0 bridgehead atoms. The van der Waals surface area contributed by atoms with E-state index >= 15 is 0 Å². The van der Waals surface area contributed by atoms with Gasteiger partial charge in [-0.3, -0.25) is 4.79 Å². The Morgan fingerprint density at radius 1 is 1.04 bits per heavy atom. The first kappa shape index (κ1) is 21.1. The lowest BCUT2D eigenvalue weighted by atomic mass is 10.2. The smallest absolute Gasteiger partial charge is 0.221 e. The number of nitrogens with one attached hydrogen (secondary N) is 1. The third-order valence-corrected chi connectivity index (χ3v) is 4.24.